The molecule has 0 aliphatic carbocycles. The van der Waals surface area contributed by atoms with Crippen molar-refractivity contribution in [3.05, 3.63) is 35.9 Å². The van der Waals surface area contributed by atoms with E-state index < -0.39 is 0 Å². The van der Waals surface area contributed by atoms with Crippen LogP contribution in [0, 0.1) is 6.92 Å². The second kappa shape index (κ2) is 5.77. The minimum Gasteiger partial charge on any atom is -0.347 e. The summed E-state index contributed by atoms with van der Waals surface area (Å²) in [4.78, 5) is 15.4. The molecule has 0 amide bonds. The zero-order chi connectivity index (χ0) is 14.8. The van der Waals surface area contributed by atoms with Crippen molar-refractivity contribution in [1.82, 2.24) is 20.3 Å². The third-order valence-corrected chi connectivity index (χ3v) is 3.91. The zero-order valence-electron chi connectivity index (χ0n) is 12.8. The molecular weight excluding hydrogens is 262 g/mol. The van der Waals surface area contributed by atoms with Gasteiger partial charge in [-0.15, -0.1) is 0 Å². The van der Waals surface area contributed by atoms with E-state index in [1.165, 1.54) is 12.0 Å². The fourth-order valence-corrected chi connectivity index (χ4v) is 2.77. The topological polar surface area (TPSA) is 53.9 Å². The van der Waals surface area contributed by atoms with Crippen LogP contribution in [0.4, 0.5) is 5.95 Å². The van der Waals surface area contributed by atoms with Crippen molar-refractivity contribution in [3.8, 4) is 11.1 Å². The molecule has 21 heavy (non-hydrogen) atoms. The molecule has 1 fully saturated rings. The minimum absolute atomic E-state index is 0.314. The number of aromatic nitrogens is 3. The van der Waals surface area contributed by atoms with E-state index in [2.05, 4.69) is 22.2 Å². The Hall–Kier alpha value is -2.01. The average molecular weight is 283 g/mol. The summed E-state index contributed by atoms with van der Waals surface area (Å²) in [5, 5.41) is 3.54. The molecule has 1 atom stereocenters. The molecule has 0 spiro atoms. The van der Waals surface area contributed by atoms with Gasteiger partial charge < -0.3 is 10.2 Å². The van der Waals surface area contributed by atoms with Gasteiger partial charge in [-0.05, 0) is 43.5 Å². The number of nitrogens with zero attached hydrogens (tertiary/aromatic N) is 4. The Morgan fingerprint density at radius 2 is 2.10 bits per heavy atom. The van der Waals surface area contributed by atoms with Gasteiger partial charge in [-0.1, -0.05) is 0 Å². The largest absolute Gasteiger partial charge is 0.347 e. The molecule has 3 heterocycles. The predicted octanol–water partition coefficient (Wildman–Crippen LogP) is 2.34. The van der Waals surface area contributed by atoms with Gasteiger partial charge >= 0.3 is 0 Å². The number of hydrogen-bond donors (Lipinski definition) is 1. The fourth-order valence-electron chi connectivity index (χ4n) is 2.77. The molecule has 1 unspecified atom stereocenters. The summed E-state index contributed by atoms with van der Waals surface area (Å²) in [6.07, 6.45) is 7.98. The van der Waals surface area contributed by atoms with Crippen molar-refractivity contribution in [2.24, 2.45) is 0 Å². The lowest BCUT2D eigenvalue weighted by Gasteiger charge is -2.19. The van der Waals surface area contributed by atoms with Crippen LogP contribution in [0.25, 0.3) is 11.1 Å². The summed E-state index contributed by atoms with van der Waals surface area (Å²) < 4.78 is 0. The Morgan fingerprint density at radius 1 is 1.24 bits per heavy atom. The van der Waals surface area contributed by atoms with Crippen LogP contribution in [0.3, 0.4) is 0 Å². The van der Waals surface area contributed by atoms with Crippen molar-refractivity contribution < 1.29 is 0 Å². The van der Waals surface area contributed by atoms with Gasteiger partial charge in [-0.3, -0.25) is 4.98 Å². The van der Waals surface area contributed by atoms with Gasteiger partial charge in [0.2, 0.25) is 5.95 Å². The van der Waals surface area contributed by atoms with Crippen molar-refractivity contribution in [1.29, 1.82) is 0 Å². The van der Waals surface area contributed by atoms with Crippen LogP contribution in [0.1, 0.15) is 30.1 Å². The molecule has 3 rings (SSSR count). The summed E-state index contributed by atoms with van der Waals surface area (Å²) in [6, 6.07) is 2.36. The highest BCUT2D eigenvalue weighted by Gasteiger charge is 2.23. The monoisotopic (exact) mass is 283 g/mol. The maximum atomic E-state index is 4.80. The van der Waals surface area contributed by atoms with Crippen LogP contribution >= 0.6 is 0 Å². The molecule has 1 saturated heterocycles. The fraction of sp³-hybridized carbons (Fsp3) is 0.438. The van der Waals surface area contributed by atoms with E-state index in [1.807, 2.05) is 43.7 Å². The first-order valence-electron chi connectivity index (χ1n) is 7.35. The average Bonchev–Trinajstić information content (AvgIpc) is 3.01. The normalized spacial score (nSPS) is 18.0. The van der Waals surface area contributed by atoms with Crippen molar-refractivity contribution >= 4 is 5.95 Å². The van der Waals surface area contributed by atoms with E-state index >= 15 is 0 Å². The number of hydrogen-bond acceptors (Lipinski definition) is 5. The number of anilines is 1. The van der Waals surface area contributed by atoms with Crippen molar-refractivity contribution in [2.45, 2.75) is 25.8 Å². The number of pyridine rings is 1. The number of nitrogens with one attached hydrogen (secondary N) is 1. The smallest absolute Gasteiger partial charge is 0.225 e. The molecule has 1 aliphatic rings. The third-order valence-electron chi connectivity index (χ3n) is 3.91. The van der Waals surface area contributed by atoms with Gasteiger partial charge in [0.25, 0.3) is 0 Å². The number of aryl methyl sites for hydroxylation is 1. The quantitative estimate of drug-likeness (QED) is 0.937. The summed E-state index contributed by atoms with van der Waals surface area (Å²) >= 11 is 0. The lowest BCUT2D eigenvalue weighted by Crippen LogP contribution is -2.19. The van der Waals surface area contributed by atoms with E-state index in [0.29, 0.717) is 6.04 Å². The van der Waals surface area contributed by atoms with Gasteiger partial charge in [0.05, 0.1) is 11.7 Å². The van der Waals surface area contributed by atoms with Crippen LogP contribution in [0.5, 0.6) is 0 Å². The van der Waals surface area contributed by atoms with E-state index in [4.69, 9.17) is 4.98 Å². The number of rotatable bonds is 3. The molecule has 0 bridgehead atoms. The van der Waals surface area contributed by atoms with E-state index in [9.17, 15) is 0 Å². The third kappa shape index (κ3) is 2.74. The van der Waals surface area contributed by atoms with Crippen LogP contribution < -0.4 is 10.2 Å². The summed E-state index contributed by atoms with van der Waals surface area (Å²) in [7, 11) is 3.94. The van der Waals surface area contributed by atoms with E-state index in [1.54, 1.807) is 0 Å². The van der Waals surface area contributed by atoms with Gasteiger partial charge in [0.1, 0.15) is 0 Å². The highest BCUT2D eigenvalue weighted by atomic mass is 15.2. The predicted molar refractivity (Wildman–Crippen MR) is 84.3 cm³/mol. The first-order chi connectivity index (χ1) is 10.2. The molecule has 0 aromatic carbocycles. The highest BCUT2D eigenvalue weighted by molar-refractivity contribution is 5.69. The Morgan fingerprint density at radius 3 is 2.76 bits per heavy atom. The van der Waals surface area contributed by atoms with Crippen molar-refractivity contribution in [2.75, 3.05) is 25.5 Å². The van der Waals surface area contributed by atoms with Gasteiger partial charge in [0, 0.05) is 38.2 Å². The zero-order valence-corrected chi connectivity index (χ0v) is 12.8. The Bertz CT molecular complexity index is 632. The van der Waals surface area contributed by atoms with E-state index in [0.717, 1.165) is 35.7 Å². The second-order valence-electron chi connectivity index (χ2n) is 5.70. The molecule has 2 aromatic rings. The molecule has 5 heteroatoms. The minimum atomic E-state index is 0.314. The molecule has 0 saturated carbocycles. The molecule has 5 nitrogen and oxygen atoms in total. The molecule has 0 radical (unpaired) electrons. The van der Waals surface area contributed by atoms with E-state index in [-0.39, 0.29) is 0 Å². The van der Waals surface area contributed by atoms with Crippen molar-refractivity contribution in [3.63, 3.8) is 0 Å². The van der Waals surface area contributed by atoms with Gasteiger partial charge in [0.15, 0.2) is 0 Å². The van der Waals surface area contributed by atoms with Gasteiger partial charge in [-0.2, -0.15) is 0 Å². The lowest BCUT2D eigenvalue weighted by molar-refractivity contribution is 0.627. The summed E-state index contributed by atoms with van der Waals surface area (Å²) in [5.74, 6) is 0.758. The highest BCUT2D eigenvalue weighted by Crippen LogP contribution is 2.32. The molecule has 2 aromatic heterocycles. The molecule has 1 aliphatic heterocycles. The molecule has 1 N–H and O–H groups in total. The maximum Gasteiger partial charge on any atom is 0.225 e. The van der Waals surface area contributed by atoms with Crippen LogP contribution in [0.15, 0.2) is 24.7 Å². The lowest BCUT2D eigenvalue weighted by atomic mass is 9.98. The Labute approximate surface area is 125 Å². The first-order valence-corrected chi connectivity index (χ1v) is 7.35. The maximum absolute atomic E-state index is 4.80. The van der Waals surface area contributed by atoms with Crippen LogP contribution in [-0.2, 0) is 0 Å². The standard InChI is InChI=1S/C16H21N5/c1-11-9-17-8-6-12(11)13-10-19-16(21(2)3)20-15(13)14-5-4-7-18-14/h6,8-10,14,18H,4-5,7H2,1-3H3. The van der Waals surface area contributed by atoms with Gasteiger partial charge in [-0.25, -0.2) is 9.97 Å². The summed E-state index contributed by atoms with van der Waals surface area (Å²) in [5.41, 5.74) is 4.53. The second-order valence-corrected chi connectivity index (χ2v) is 5.70. The molecule has 110 valence electrons. The molecular formula is C16H21N5. The first kappa shape index (κ1) is 13.9. The SMILES string of the molecule is Cc1cnccc1-c1cnc(N(C)C)nc1C1CCCN1. The summed E-state index contributed by atoms with van der Waals surface area (Å²) in [6.45, 7) is 3.13. The Kier molecular flexibility index (Phi) is 3.84. The van der Waals surface area contributed by atoms with Crippen LogP contribution in [0.2, 0.25) is 0 Å². The Balaban J connectivity index is 2.13. The van der Waals surface area contributed by atoms with Crippen LogP contribution in [-0.4, -0.2) is 35.6 Å².